The zero-order valence-corrected chi connectivity index (χ0v) is 15.2. The smallest absolute Gasteiger partial charge is 0.243 e. The van der Waals surface area contributed by atoms with Crippen LogP contribution in [0.15, 0.2) is 12.4 Å². The number of aryl methyl sites for hydroxylation is 1. The molecule has 2 aliphatic heterocycles. The Morgan fingerprint density at radius 2 is 1.92 bits per heavy atom. The van der Waals surface area contributed by atoms with E-state index < -0.39 is 0 Å². The predicted molar refractivity (Wildman–Crippen MR) is 94.8 cm³/mol. The second-order valence-electron chi connectivity index (χ2n) is 8.08. The summed E-state index contributed by atoms with van der Waals surface area (Å²) in [5.41, 5.74) is -0.319. The quantitative estimate of drug-likeness (QED) is 0.905. The number of likely N-dealkylation sites (tertiary alicyclic amines) is 2. The number of piperidine rings is 1. The SMILES string of the molecule is Cn1ccnc1CN1CCCC12CCCN(C1CCC(O)CC1)C2=O. The molecule has 25 heavy (non-hydrogen) atoms. The summed E-state index contributed by atoms with van der Waals surface area (Å²) >= 11 is 0. The maximum atomic E-state index is 13.5. The molecular weight excluding hydrogens is 316 g/mol. The lowest BCUT2D eigenvalue weighted by Gasteiger charge is -2.48. The van der Waals surface area contributed by atoms with Crippen molar-refractivity contribution in [2.24, 2.45) is 7.05 Å². The van der Waals surface area contributed by atoms with Gasteiger partial charge in [0.1, 0.15) is 11.4 Å². The minimum Gasteiger partial charge on any atom is -0.393 e. The third-order valence-electron chi connectivity index (χ3n) is 6.63. The number of aliphatic hydroxyl groups is 1. The van der Waals surface area contributed by atoms with Crippen LogP contribution in [0, 0.1) is 0 Å². The normalized spacial score (nSPS) is 34.2. The fraction of sp³-hybridized carbons (Fsp3) is 0.789. The van der Waals surface area contributed by atoms with Crippen molar-refractivity contribution in [2.75, 3.05) is 13.1 Å². The first-order valence-electron chi connectivity index (χ1n) is 9.80. The average molecular weight is 346 g/mol. The molecule has 1 amide bonds. The maximum Gasteiger partial charge on any atom is 0.243 e. The third-order valence-corrected chi connectivity index (χ3v) is 6.63. The van der Waals surface area contributed by atoms with Crippen molar-refractivity contribution in [3.63, 3.8) is 0 Å². The van der Waals surface area contributed by atoms with Gasteiger partial charge in [0, 0.05) is 32.0 Å². The molecule has 1 N–H and O–H groups in total. The number of carbonyl (C=O) groups is 1. The van der Waals surface area contributed by atoms with E-state index in [1.54, 1.807) is 0 Å². The van der Waals surface area contributed by atoms with E-state index >= 15 is 0 Å². The van der Waals surface area contributed by atoms with Crippen LogP contribution in [0.5, 0.6) is 0 Å². The van der Waals surface area contributed by atoms with Crippen LogP contribution >= 0.6 is 0 Å². The molecule has 1 saturated carbocycles. The Morgan fingerprint density at radius 3 is 2.60 bits per heavy atom. The molecule has 0 bridgehead atoms. The van der Waals surface area contributed by atoms with Gasteiger partial charge in [-0.1, -0.05) is 0 Å². The molecule has 1 aromatic heterocycles. The van der Waals surface area contributed by atoms with E-state index in [2.05, 4.69) is 19.4 Å². The molecule has 1 atom stereocenters. The van der Waals surface area contributed by atoms with Crippen LogP contribution in [-0.2, 0) is 18.4 Å². The molecule has 3 fully saturated rings. The molecular formula is C19H30N4O2. The molecule has 6 heteroatoms. The van der Waals surface area contributed by atoms with Crippen molar-refractivity contribution in [1.82, 2.24) is 19.4 Å². The summed E-state index contributed by atoms with van der Waals surface area (Å²) in [6.07, 6.45) is 11.3. The maximum absolute atomic E-state index is 13.5. The molecule has 1 spiro atoms. The number of nitrogens with zero attached hydrogens (tertiary/aromatic N) is 4. The summed E-state index contributed by atoms with van der Waals surface area (Å²) in [4.78, 5) is 22.6. The standard InChI is InChI=1S/C19H30N4O2/c1-21-13-10-20-17(21)14-22-11-2-8-19(22)9-3-12-23(18(19)25)15-4-6-16(24)7-5-15/h10,13,15-16,24H,2-9,11-12,14H2,1H3. The van der Waals surface area contributed by atoms with Gasteiger partial charge in [-0.2, -0.15) is 0 Å². The van der Waals surface area contributed by atoms with E-state index in [-0.39, 0.29) is 11.6 Å². The highest BCUT2D eigenvalue weighted by molar-refractivity contribution is 5.87. The fourth-order valence-electron chi connectivity index (χ4n) is 5.15. The Kier molecular flexibility index (Phi) is 4.58. The molecule has 6 nitrogen and oxygen atoms in total. The Hall–Kier alpha value is -1.40. The minimum atomic E-state index is -0.319. The van der Waals surface area contributed by atoms with Crippen LogP contribution in [0.1, 0.15) is 57.2 Å². The summed E-state index contributed by atoms with van der Waals surface area (Å²) in [7, 11) is 2.02. The van der Waals surface area contributed by atoms with E-state index in [4.69, 9.17) is 0 Å². The predicted octanol–water partition coefficient (Wildman–Crippen LogP) is 1.68. The van der Waals surface area contributed by atoms with Gasteiger partial charge in [-0.3, -0.25) is 9.69 Å². The second kappa shape index (κ2) is 6.72. The molecule has 1 unspecified atom stereocenters. The highest BCUT2D eigenvalue weighted by atomic mass is 16.3. The highest BCUT2D eigenvalue weighted by Gasteiger charge is 2.52. The Bertz CT molecular complexity index is 623. The summed E-state index contributed by atoms with van der Waals surface area (Å²) < 4.78 is 2.06. The number of imidazole rings is 1. The van der Waals surface area contributed by atoms with Gasteiger partial charge in [0.25, 0.3) is 0 Å². The number of aliphatic hydroxyl groups excluding tert-OH is 1. The third kappa shape index (κ3) is 2.99. The molecule has 4 rings (SSSR count). The van der Waals surface area contributed by atoms with Crippen molar-refractivity contribution in [3.8, 4) is 0 Å². The molecule has 3 heterocycles. The van der Waals surface area contributed by atoms with Crippen LogP contribution in [0.3, 0.4) is 0 Å². The van der Waals surface area contributed by atoms with Crippen molar-refractivity contribution in [1.29, 1.82) is 0 Å². The van der Waals surface area contributed by atoms with Crippen LogP contribution in [0.2, 0.25) is 0 Å². The van der Waals surface area contributed by atoms with E-state index in [1.165, 1.54) is 0 Å². The van der Waals surface area contributed by atoms with Gasteiger partial charge >= 0.3 is 0 Å². The summed E-state index contributed by atoms with van der Waals surface area (Å²) in [6, 6.07) is 0.323. The molecule has 1 aliphatic carbocycles. The Morgan fingerprint density at radius 1 is 1.20 bits per heavy atom. The second-order valence-corrected chi connectivity index (χ2v) is 8.08. The van der Waals surface area contributed by atoms with E-state index in [9.17, 15) is 9.90 Å². The molecule has 0 aromatic carbocycles. The van der Waals surface area contributed by atoms with Gasteiger partial charge in [0.05, 0.1) is 12.6 Å². The molecule has 2 saturated heterocycles. The molecule has 0 radical (unpaired) electrons. The van der Waals surface area contributed by atoms with Crippen molar-refractivity contribution >= 4 is 5.91 Å². The van der Waals surface area contributed by atoms with E-state index in [1.807, 2.05) is 19.4 Å². The highest BCUT2D eigenvalue weighted by Crippen LogP contribution is 2.40. The van der Waals surface area contributed by atoms with Crippen molar-refractivity contribution in [2.45, 2.75) is 75.6 Å². The van der Waals surface area contributed by atoms with Gasteiger partial charge in [0.2, 0.25) is 5.91 Å². The van der Waals surface area contributed by atoms with E-state index in [0.717, 1.165) is 76.8 Å². The van der Waals surface area contributed by atoms with Gasteiger partial charge in [-0.25, -0.2) is 4.98 Å². The van der Waals surface area contributed by atoms with Crippen LogP contribution in [-0.4, -0.2) is 61.1 Å². The summed E-state index contributed by atoms with van der Waals surface area (Å²) in [5, 5.41) is 9.79. The number of carbonyl (C=O) groups excluding carboxylic acids is 1. The number of aromatic nitrogens is 2. The lowest BCUT2D eigenvalue weighted by Crippen LogP contribution is -2.62. The lowest BCUT2D eigenvalue weighted by atomic mass is 9.82. The minimum absolute atomic E-state index is 0.170. The van der Waals surface area contributed by atoms with Crippen molar-refractivity contribution in [3.05, 3.63) is 18.2 Å². The molecule has 3 aliphatic rings. The molecule has 138 valence electrons. The van der Waals surface area contributed by atoms with Gasteiger partial charge in [-0.05, 0) is 57.9 Å². The monoisotopic (exact) mass is 346 g/mol. The Balaban J connectivity index is 1.53. The first-order chi connectivity index (χ1) is 12.1. The fourth-order valence-corrected chi connectivity index (χ4v) is 5.15. The number of amides is 1. The van der Waals surface area contributed by atoms with Crippen LogP contribution < -0.4 is 0 Å². The number of rotatable bonds is 3. The summed E-state index contributed by atoms with van der Waals surface area (Å²) in [6.45, 7) is 2.62. The molecule has 1 aromatic rings. The lowest BCUT2D eigenvalue weighted by molar-refractivity contribution is -0.152. The Labute approximate surface area is 149 Å². The van der Waals surface area contributed by atoms with Gasteiger partial charge in [-0.15, -0.1) is 0 Å². The first kappa shape index (κ1) is 17.0. The van der Waals surface area contributed by atoms with Crippen molar-refractivity contribution < 1.29 is 9.90 Å². The van der Waals surface area contributed by atoms with Crippen LogP contribution in [0.4, 0.5) is 0 Å². The van der Waals surface area contributed by atoms with Gasteiger partial charge < -0.3 is 14.6 Å². The van der Waals surface area contributed by atoms with Crippen LogP contribution in [0.25, 0.3) is 0 Å². The van der Waals surface area contributed by atoms with E-state index in [0.29, 0.717) is 11.9 Å². The number of hydrogen-bond acceptors (Lipinski definition) is 4. The largest absolute Gasteiger partial charge is 0.393 e. The zero-order valence-electron chi connectivity index (χ0n) is 15.2. The summed E-state index contributed by atoms with van der Waals surface area (Å²) in [5.74, 6) is 1.37. The number of hydrogen-bond donors (Lipinski definition) is 1. The van der Waals surface area contributed by atoms with Gasteiger partial charge in [0.15, 0.2) is 0 Å². The average Bonchev–Trinajstić information content (AvgIpc) is 3.19. The topological polar surface area (TPSA) is 61.6 Å². The first-order valence-corrected chi connectivity index (χ1v) is 9.80. The zero-order chi connectivity index (χ0) is 17.4.